The van der Waals surface area contributed by atoms with Crippen LogP contribution in [0.1, 0.15) is 24.4 Å². The van der Waals surface area contributed by atoms with E-state index in [1.54, 1.807) is 18.2 Å². The molecule has 4 nitrogen and oxygen atoms in total. The summed E-state index contributed by atoms with van der Waals surface area (Å²) in [5.41, 5.74) is 0.958. The number of benzene rings is 2. The summed E-state index contributed by atoms with van der Waals surface area (Å²) in [5.74, 6) is 0.921. The standard InChI is InChI=1S/C19H18FNO3/c20-14-9-7-13(8-10-14)15-4-3-11-21(15)19(22)18-12-23-16-5-1-2-6-17(16)24-18/h1-2,5-10,15,18H,3-4,11-12H2. The zero-order valence-corrected chi connectivity index (χ0v) is 13.2. The van der Waals surface area contributed by atoms with Crippen LogP contribution in [0.3, 0.4) is 0 Å². The summed E-state index contributed by atoms with van der Waals surface area (Å²) in [4.78, 5) is 14.7. The van der Waals surface area contributed by atoms with Crippen molar-refractivity contribution >= 4 is 5.91 Å². The second-order valence-corrected chi connectivity index (χ2v) is 6.11. The maximum atomic E-state index is 13.1. The van der Waals surface area contributed by atoms with Crippen LogP contribution in [-0.2, 0) is 4.79 Å². The molecule has 2 aromatic rings. The molecule has 1 fully saturated rings. The van der Waals surface area contributed by atoms with Gasteiger partial charge in [-0.05, 0) is 42.7 Å². The van der Waals surface area contributed by atoms with Gasteiger partial charge in [0.25, 0.3) is 5.91 Å². The number of para-hydroxylation sites is 2. The average Bonchev–Trinajstić information content (AvgIpc) is 3.11. The minimum absolute atomic E-state index is 0.0288. The first-order valence-electron chi connectivity index (χ1n) is 8.17. The van der Waals surface area contributed by atoms with Gasteiger partial charge in [0.1, 0.15) is 12.4 Å². The van der Waals surface area contributed by atoms with Crippen molar-refractivity contribution in [3.63, 3.8) is 0 Å². The zero-order valence-electron chi connectivity index (χ0n) is 13.2. The van der Waals surface area contributed by atoms with E-state index in [0.29, 0.717) is 18.0 Å². The second-order valence-electron chi connectivity index (χ2n) is 6.11. The van der Waals surface area contributed by atoms with Crippen LogP contribution in [0.25, 0.3) is 0 Å². The number of carbonyl (C=O) groups is 1. The number of rotatable bonds is 2. The molecule has 0 saturated carbocycles. The van der Waals surface area contributed by atoms with Crippen LogP contribution in [0.15, 0.2) is 48.5 Å². The van der Waals surface area contributed by atoms with Gasteiger partial charge >= 0.3 is 0 Å². The van der Waals surface area contributed by atoms with Crippen LogP contribution in [0.2, 0.25) is 0 Å². The van der Waals surface area contributed by atoms with Crippen LogP contribution in [0.5, 0.6) is 11.5 Å². The molecule has 0 spiro atoms. The summed E-state index contributed by atoms with van der Waals surface area (Å²) in [6.45, 7) is 0.894. The Hall–Kier alpha value is -2.56. The summed E-state index contributed by atoms with van der Waals surface area (Å²) >= 11 is 0. The van der Waals surface area contributed by atoms with Crippen molar-refractivity contribution < 1.29 is 18.7 Å². The molecule has 2 aromatic carbocycles. The fraction of sp³-hybridized carbons (Fsp3) is 0.316. The molecule has 5 heteroatoms. The van der Waals surface area contributed by atoms with E-state index in [-0.39, 0.29) is 24.4 Å². The highest BCUT2D eigenvalue weighted by atomic mass is 19.1. The Kier molecular flexibility index (Phi) is 3.84. The molecule has 2 atom stereocenters. The van der Waals surface area contributed by atoms with Crippen molar-refractivity contribution in [2.45, 2.75) is 25.0 Å². The molecule has 2 aliphatic heterocycles. The first-order valence-corrected chi connectivity index (χ1v) is 8.17. The van der Waals surface area contributed by atoms with Crippen LogP contribution < -0.4 is 9.47 Å². The van der Waals surface area contributed by atoms with Gasteiger partial charge in [0.2, 0.25) is 6.10 Å². The third-order valence-electron chi connectivity index (χ3n) is 4.57. The molecule has 0 bridgehead atoms. The summed E-state index contributed by atoms with van der Waals surface area (Å²) in [6, 6.07) is 13.7. The van der Waals surface area contributed by atoms with Crippen molar-refractivity contribution in [2.24, 2.45) is 0 Å². The molecule has 0 N–H and O–H groups in total. The maximum absolute atomic E-state index is 13.1. The SMILES string of the molecule is O=C(C1COc2ccccc2O1)N1CCCC1c1ccc(F)cc1. The Morgan fingerprint density at radius 1 is 1.08 bits per heavy atom. The van der Waals surface area contributed by atoms with Crippen LogP contribution in [0, 0.1) is 5.82 Å². The van der Waals surface area contributed by atoms with Gasteiger partial charge in [-0.15, -0.1) is 0 Å². The summed E-state index contributed by atoms with van der Waals surface area (Å²) in [7, 11) is 0. The third-order valence-corrected chi connectivity index (χ3v) is 4.57. The smallest absolute Gasteiger partial charge is 0.267 e. The molecule has 1 amide bonds. The first kappa shape index (κ1) is 15.0. The predicted octanol–water partition coefficient (Wildman–Crippen LogP) is 3.33. The molecule has 24 heavy (non-hydrogen) atoms. The lowest BCUT2D eigenvalue weighted by Gasteiger charge is -2.32. The maximum Gasteiger partial charge on any atom is 0.267 e. The van der Waals surface area contributed by atoms with Gasteiger partial charge in [0.15, 0.2) is 11.5 Å². The van der Waals surface area contributed by atoms with Crippen molar-refractivity contribution in [3.8, 4) is 11.5 Å². The minimum atomic E-state index is -0.638. The lowest BCUT2D eigenvalue weighted by molar-refractivity contribution is -0.142. The lowest BCUT2D eigenvalue weighted by atomic mass is 10.0. The zero-order chi connectivity index (χ0) is 16.5. The van der Waals surface area contributed by atoms with Gasteiger partial charge in [0.05, 0.1) is 6.04 Å². The quantitative estimate of drug-likeness (QED) is 0.849. The predicted molar refractivity (Wildman–Crippen MR) is 86.4 cm³/mol. The Balaban J connectivity index is 1.52. The minimum Gasteiger partial charge on any atom is -0.485 e. The third kappa shape index (κ3) is 2.70. The number of likely N-dealkylation sites (tertiary alicyclic amines) is 1. The number of nitrogens with zero attached hydrogens (tertiary/aromatic N) is 1. The molecule has 4 rings (SSSR count). The Morgan fingerprint density at radius 3 is 2.62 bits per heavy atom. The fourth-order valence-corrected chi connectivity index (χ4v) is 3.39. The van der Waals surface area contributed by atoms with E-state index in [0.717, 1.165) is 18.4 Å². The van der Waals surface area contributed by atoms with Gasteiger partial charge in [-0.25, -0.2) is 4.39 Å². The molecular weight excluding hydrogens is 309 g/mol. The van der Waals surface area contributed by atoms with Crippen molar-refractivity contribution in [3.05, 3.63) is 59.9 Å². The number of hydrogen-bond donors (Lipinski definition) is 0. The van der Waals surface area contributed by atoms with E-state index < -0.39 is 6.10 Å². The van der Waals surface area contributed by atoms with Gasteiger partial charge in [0, 0.05) is 6.54 Å². The topological polar surface area (TPSA) is 38.8 Å². The van der Waals surface area contributed by atoms with Crippen molar-refractivity contribution in [1.29, 1.82) is 0 Å². The fourth-order valence-electron chi connectivity index (χ4n) is 3.39. The molecule has 1 saturated heterocycles. The molecule has 0 aromatic heterocycles. The summed E-state index contributed by atoms with van der Waals surface area (Å²) in [6.07, 6.45) is 1.17. The van der Waals surface area contributed by atoms with Crippen molar-refractivity contribution in [2.75, 3.05) is 13.2 Å². The number of amides is 1. The molecule has 2 heterocycles. The van der Waals surface area contributed by atoms with E-state index in [1.807, 2.05) is 23.1 Å². The van der Waals surface area contributed by atoms with Crippen molar-refractivity contribution in [1.82, 2.24) is 4.90 Å². The molecule has 0 aliphatic carbocycles. The summed E-state index contributed by atoms with van der Waals surface area (Å²) in [5, 5.41) is 0. The summed E-state index contributed by atoms with van der Waals surface area (Å²) < 4.78 is 24.6. The second kappa shape index (κ2) is 6.15. The van der Waals surface area contributed by atoms with Crippen LogP contribution in [-0.4, -0.2) is 30.1 Å². The van der Waals surface area contributed by atoms with E-state index in [2.05, 4.69) is 0 Å². The van der Waals surface area contributed by atoms with E-state index in [4.69, 9.17) is 9.47 Å². The number of halogens is 1. The number of hydrogen-bond acceptors (Lipinski definition) is 3. The van der Waals surface area contributed by atoms with Gasteiger partial charge in [-0.2, -0.15) is 0 Å². The van der Waals surface area contributed by atoms with Crippen LogP contribution in [0.4, 0.5) is 4.39 Å². The van der Waals surface area contributed by atoms with Gasteiger partial charge in [-0.3, -0.25) is 4.79 Å². The van der Waals surface area contributed by atoms with E-state index >= 15 is 0 Å². The van der Waals surface area contributed by atoms with E-state index in [1.165, 1.54) is 12.1 Å². The Morgan fingerprint density at radius 2 is 1.83 bits per heavy atom. The number of fused-ring (bicyclic) bond motifs is 1. The average molecular weight is 327 g/mol. The Bertz CT molecular complexity index is 747. The normalized spacial score (nSPS) is 22.5. The highest BCUT2D eigenvalue weighted by Gasteiger charge is 2.37. The molecule has 2 unspecified atom stereocenters. The molecular formula is C19H18FNO3. The first-order chi connectivity index (χ1) is 11.7. The highest BCUT2D eigenvalue weighted by molar-refractivity contribution is 5.82. The number of ether oxygens (including phenoxy) is 2. The molecule has 124 valence electrons. The monoisotopic (exact) mass is 327 g/mol. The molecule has 0 radical (unpaired) electrons. The van der Waals surface area contributed by atoms with Crippen LogP contribution >= 0.6 is 0 Å². The highest BCUT2D eigenvalue weighted by Crippen LogP contribution is 2.35. The largest absolute Gasteiger partial charge is 0.485 e. The lowest BCUT2D eigenvalue weighted by Crippen LogP contribution is -2.46. The Labute approximate surface area is 139 Å². The van der Waals surface area contributed by atoms with Gasteiger partial charge < -0.3 is 14.4 Å². The molecule has 2 aliphatic rings. The number of carbonyl (C=O) groups excluding carboxylic acids is 1. The van der Waals surface area contributed by atoms with Gasteiger partial charge in [-0.1, -0.05) is 24.3 Å². The van der Waals surface area contributed by atoms with E-state index in [9.17, 15) is 9.18 Å².